The first-order valence-electron chi connectivity index (χ1n) is 17.3. The third-order valence-electron chi connectivity index (χ3n) is 9.42. The van der Waals surface area contributed by atoms with Crippen molar-refractivity contribution in [2.45, 2.75) is 70.8 Å². The van der Waals surface area contributed by atoms with Crippen molar-refractivity contribution in [1.82, 2.24) is 9.88 Å². The molecule has 9 nitrogen and oxygen atoms in total. The third-order valence-corrected chi connectivity index (χ3v) is 14.4. The lowest BCUT2D eigenvalue weighted by molar-refractivity contribution is -0.189. The lowest BCUT2D eigenvalue weighted by Gasteiger charge is -2.44. The lowest BCUT2D eigenvalue weighted by Crippen LogP contribution is -2.67. The van der Waals surface area contributed by atoms with Gasteiger partial charge in [-0.2, -0.15) is 13.2 Å². The first-order chi connectivity index (χ1) is 25.1. The Labute approximate surface area is 307 Å². The fourth-order valence-electron chi connectivity index (χ4n) is 6.65. The number of methoxy groups -OCH3 is 1. The molecular formula is C39H44F4N4O5Si. The van der Waals surface area contributed by atoms with Crippen molar-refractivity contribution >= 4 is 42.0 Å². The average Bonchev–Trinajstić information content (AvgIpc) is 3.59. The van der Waals surface area contributed by atoms with E-state index < -0.39 is 55.4 Å². The molecule has 53 heavy (non-hydrogen) atoms. The smallest absolute Gasteiger partial charge is 0.425 e. The molecule has 2 N–H and O–H groups in total. The minimum atomic E-state index is -4.80. The number of benzene rings is 3. The maximum Gasteiger partial charge on any atom is 0.425 e. The van der Waals surface area contributed by atoms with Gasteiger partial charge >= 0.3 is 12.2 Å². The van der Waals surface area contributed by atoms with Crippen LogP contribution in [0.3, 0.4) is 0 Å². The average molecular weight is 753 g/mol. The summed E-state index contributed by atoms with van der Waals surface area (Å²) in [7, 11) is -1.60. The topological polar surface area (TPSA) is 102 Å². The van der Waals surface area contributed by atoms with Crippen molar-refractivity contribution in [2.75, 3.05) is 30.9 Å². The van der Waals surface area contributed by atoms with Crippen molar-refractivity contribution in [3.63, 3.8) is 0 Å². The third kappa shape index (κ3) is 8.49. The Morgan fingerprint density at radius 2 is 1.60 bits per heavy atom. The van der Waals surface area contributed by atoms with E-state index in [1.54, 1.807) is 17.9 Å². The number of aromatic nitrogens is 1. The molecule has 0 aliphatic carbocycles. The Morgan fingerprint density at radius 3 is 2.17 bits per heavy atom. The van der Waals surface area contributed by atoms with Gasteiger partial charge in [0.05, 0.1) is 31.0 Å². The van der Waals surface area contributed by atoms with Gasteiger partial charge in [-0.25, -0.2) is 14.2 Å². The molecule has 0 saturated carbocycles. The molecule has 1 aliphatic rings. The van der Waals surface area contributed by atoms with Crippen LogP contribution in [0, 0.1) is 12.7 Å². The van der Waals surface area contributed by atoms with Crippen molar-refractivity contribution in [3.8, 4) is 11.6 Å². The first-order valence-corrected chi connectivity index (χ1v) is 19.2. The number of aryl methyl sites for hydroxylation is 1. The minimum Gasteiger partial charge on any atom is -0.480 e. The van der Waals surface area contributed by atoms with Gasteiger partial charge < -0.3 is 29.4 Å². The number of pyridine rings is 1. The Kier molecular flexibility index (Phi) is 11.8. The molecule has 2 atom stereocenters. The highest BCUT2D eigenvalue weighted by molar-refractivity contribution is 6.99. The zero-order chi connectivity index (χ0) is 38.6. The second-order valence-electron chi connectivity index (χ2n) is 14.0. The second kappa shape index (κ2) is 16.0. The molecule has 0 bridgehead atoms. The maximum absolute atomic E-state index is 15.7. The number of ether oxygens (including phenoxy) is 2. The number of nitrogens with one attached hydrogen (secondary N) is 2. The number of urea groups is 1. The lowest BCUT2D eigenvalue weighted by atomic mass is 10.1. The van der Waals surface area contributed by atoms with E-state index in [-0.39, 0.29) is 29.3 Å². The molecule has 2 unspecified atom stereocenters. The first kappa shape index (κ1) is 39.3. The van der Waals surface area contributed by atoms with Crippen molar-refractivity contribution in [2.24, 2.45) is 0 Å². The fourth-order valence-corrected chi connectivity index (χ4v) is 11.2. The predicted molar refractivity (Wildman–Crippen MR) is 198 cm³/mol. The number of alkyl halides is 3. The van der Waals surface area contributed by atoms with Crippen molar-refractivity contribution in [1.29, 1.82) is 0 Å². The van der Waals surface area contributed by atoms with E-state index in [0.717, 1.165) is 29.4 Å². The Balaban J connectivity index is 1.42. The molecule has 3 amide bonds. The minimum absolute atomic E-state index is 0.0490. The van der Waals surface area contributed by atoms with Crippen molar-refractivity contribution < 1.29 is 41.1 Å². The maximum atomic E-state index is 15.7. The molecule has 0 radical (unpaired) electrons. The molecule has 282 valence electrons. The number of hydrogen-bond donors (Lipinski definition) is 2. The van der Waals surface area contributed by atoms with E-state index in [0.29, 0.717) is 24.9 Å². The monoisotopic (exact) mass is 752 g/mol. The highest BCUT2D eigenvalue weighted by atomic mass is 28.4. The number of anilines is 2. The van der Waals surface area contributed by atoms with E-state index in [1.165, 1.54) is 13.3 Å². The summed E-state index contributed by atoms with van der Waals surface area (Å²) in [6, 6.07) is 22.3. The molecule has 4 aromatic rings. The van der Waals surface area contributed by atoms with E-state index >= 15 is 4.39 Å². The van der Waals surface area contributed by atoms with Gasteiger partial charge in [0.1, 0.15) is 17.3 Å². The highest BCUT2D eigenvalue weighted by Crippen LogP contribution is 2.38. The number of nitrogens with zero attached hydrogens (tertiary/aromatic N) is 2. The molecule has 1 fully saturated rings. The number of carbonyl (C=O) groups excluding carboxylic acids is 2. The second-order valence-corrected chi connectivity index (χ2v) is 18.3. The van der Waals surface area contributed by atoms with Crippen LogP contribution in [0.4, 0.5) is 33.7 Å². The van der Waals surface area contributed by atoms with E-state index in [2.05, 4.69) is 60.7 Å². The van der Waals surface area contributed by atoms with E-state index in [4.69, 9.17) is 13.9 Å². The van der Waals surface area contributed by atoms with E-state index in [1.807, 2.05) is 36.4 Å². The van der Waals surface area contributed by atoms with Crippen LogP contribution >= 0.6 is 0 Å². The molecule has 1 aromatic heterocycles. The summed E-state index contributed by atoms with van der Waals surface area (Å²) in [6.45, 7) is 9.43. The summed E-state index contributed by atoms with van der Waals surface area (Å²) in [5.74, 6) is -2.56. The largest absolute Gasteiger partial charge is 0.480 e. The van der Waals surface area contributed by atoms with Gasteiger partial charge in [-0.1, -0.05) is 81.4 Å². The van der Waals surface area contributed by atoms with Crippen LogP contribution < -0.4 is 30.5 Å². The zero-order valence-electron chi connectivity index (χ0n) is 30.5. The van der Waals surface area contributed by atoms with Crippen LogP contribution in [-0.2, 0) is 4.43 Å². The number of hydrogen-bond acceptors (Lipinski definition) is 6. The summed E-state index contributed by atoms with van der Waals surface area (Å²) in [5, 5.41) is 6.91. The molecule has 0 spiro atoms. The van der Waals surface area contributed by atoms with Gasteiger partial charge in [0, 0.05) is 18.8 Å². The summed E-state index contributed by atoms with van der Waals surface area (Å²) < 4.78 is 74.1. The van der Waals surface area contributed by atoms with Gasteiger partial charge in [-0.05, 0) is 59.8 Å². The summed E-state index contributed by atoms with van der Waals surface area (Å²) in [5.41, 5.74) is -0.294. The van der Waals surface area contributed by atoms with Crippen LogP contribution in [-0.4, -0.2) is 68.7 Å². The standard InChI is InChI=1S/C39H44F4N4O5Si/c1-25-19-20-44-36(50-6)34(25)46-35(48)30-22-31(40)32(23-33(30)52-26(2)39(41,42)43)45-37(49)47-21-13-14-27(47)24-51-53(38(3,4)5,28-15-9-7-10-16-28)29-17-11-8-12-18-29/h7-12,15-20,22-23,26-27H,13-14,21,24H2,1-6H3,(H,45,49)(H,46,48). The van der Waals surface area contributed by atoms with Gasteiger partial charge in [0.15, 0.2) is 6.10 Å². The normalized spacial score (nSPS) is 15.5. The number of halogens is 4. The zero-order valence-corrected chi connectivity index (χ0v) is 31.5. The highest BCUT2D eigenvalue weighted by Gasteiger charge is 2.51. The van der Waals surface area contributed by atoms with Crippen molar-refractivity contribution in [3.05, 3.63) is 102 Å². The molecule has 1 aliphatic heterocycles. The number of carbonyl (C=O) groups is 2. The van der Waals surface area contributed by atoms with Crippen LogP contribution in [0.5, 0.6) is 11.6 Å². The Hall–Kier alpha value is -4.95. The SMILES string of the molecule is COc1nccc(C)c1NC(=O)c1cc(F)c(NC(=O)N2CCCC2CO[Si](c2ccccc2)(c2ccccc2)C(C)(C)C)cc1OC(C)C(F)(F)F. The molecule has 5 rings (SSSR count). The quantitative estimate of drug-likeness (QED) is 0.120. The summed E-state index contributed by atoms with van der Waals surface area (Å²) >= 11 is 0. The van der Waals surface area contributed by atoms with E-state index in [9.17, 15) is 22.8 Å². The Bertz CT molecular complexity index is 1870. The van der Waals surface area contributed by atoms with Crippen LogP contribution in [0.2, 0.25) is 5.04 Å². The van der Waals surface area contributed by atoms with Gasteiger partial charge in [-0.15, -0.1) is 0 Å². The molecule has 14 heteroatoms. The number of likely N-dealkylation sites (tertiary alicyclic amines) is 1. The van der Waals surface area contributed by atoms with Crippen LogP contribution in [0.25, 0.3) is 0 Å². The molecule has 3 aromatic carbocycles. The fraction of sp³-hybridized carbons (Fsp3) is 0.359. The Morgan fingerprint density at radius 1 is 0.981 bits per heavy atom. The van der Waals surface area contributed by atoms with Gasteiger partial charge in [-0.3, -0.25) is 4.79 Å². The molecular weight excluding hydrogens is 709 g/mol. The van der Waals surface area contributed by atoms with Gasteiger partial charge in [0.2, 0.25) is 5.88 Å². The summed E-state index contributed by atoms with van der Waals surface area (Å²) in [4.78, 5) is 32.8. The van der Waals surface area contributed by atoms with Crippen LogP contribution in [0.1, 0.15) is 56.5 Å². The number of amides is 3. The van der Waals surface area contributed by atoms with Gasteiger partial charge in [0.25, 0.3) is 14.2 Å². The molecule has 1 saturated heterocycles. The number of rotatable bonds is 11. The summed E-state index contributed by atoms with van der Waals surface area (Å²) in [6.07, 6.45) is -4.42. The molecule has 2 heterocycles. The predicted octanol–water partition coefficient (Wildman–Crippen LogP) is 7.69. The van der Waals surface area contributed by atoms with Crippen LogP contribution in [0.15, 0.2) is 85.1 Å².